The smallest absolute Gasteiger partial charge is 0.352 e. The molecule has 26 heavy (non-hydrogen) atoms. The molecule has 3 atom stereocenters. The number of likely N-dealkylation sites (N-methyl/N-ethyl adjacent to an activating group) is 1. The summed E-state index contributed by atoms with van der Waals surface area (Å²) < 4.78 is 14.3. The first kappa shape index (κ1) is 18.1. The van der Waals surface area contributed by atoms with Crippen LogP contribution in [0.15, 0.2) is 23.9 Å². The fourth-order valence-electron chi connectivity index (χ4n) is 3.67. The van der Waals surface area contributed by atoms with Gasteiger partial charge in [-0.05, 0) is 36.1 Å². The van der Waals surface area contributed by atoms with Crippen LogP contribution in [0.25, 0.3) is 5.57 Å². The van der Waals surface area contributed by atoms with E-state index in [0.29, 0.717) is 11.1 Å². The third-order valence-electron chi connectivity index (χ3n) is 4.96. The number of benzene rings is 1. The molecule has 8 heteroatoms. The number of hydrogen-bond donors (Lipinski definition) is 3. The zero-order valence-corrected chi connectivity index (χ0v) is 14.3. The lowest BCUT2D eigenvalue weighted by molar-refractivity contribution is -0.161. The van der Waals surface area contributed by atoms with Crippen molar-refractivity contribution in [3.8, 4) is 0 Å². The molecule has 0 aliphatic carbocycles. The summed E-state index contributed by atoms with van der Waals surface area (Å²) in [5, 5.41) is 21.7. The van der Waals surface area contributed by atoms with E-state index in [1.165, 1.54) is 31.0 Å². The van der Waals surface area contributed by atoms with Crippen LogP contribution in [0.5, 0.6) is 0 Å². The number of amides is 2. The van der Waals surface area contributed by atoms with Crippen LogP contribution in [0.2, 0.25) is 0 Å². The molecule has 1 fully saturated rings. The van der Waals surface area contributed by atoms with Gasteiger partial charge in [0.1, 0.15) is 11.5 Å². The van der Waals surface area contributed by atoms with Gasteiger partial charge in [0, 0.05) is 7.05 Å². The van der Waals surface area contributed by atoms with Crippen LogP contribution in [0.4, 0.5) is 4.39 Å². The van der Waals surface area contributed by atoms with Crippen molar-refractivity contribution in [1.29, 1.82) is 0 Å². The van der Waals surface area contributed by atoms with Gasteiger partial charge in [0.15, 0.2) is 0 Å². The maximum absolute atomic E-state index is 14.3. The number of aliphatic carboxylic acids is 1. The van der Waals surface area contributed by atoms with Gasteiger partial charge >= 0.3 is 5.97 Å². The largest absolute Gasteiger partial charge is 0.477 e. The Labute approximate surface area is 149 Å². The number of carbonyl (C=O) groups is 3. The molecule has 2 amide bonds. The molecule has 0 saturated carbocycles. The number of rotatable bonds is 5. The van der Waals surface area contributed by atoms with Gasteiger partial charge in [-0.1, -0.05) is 12.1 Å². The molecule has 1 aromatic rings. The SMILES string of the molecule is CNC(=O)Cc1ccc(C2=C(C(=O)O)N3C(=O)[C@H]([C@@H](C)O)[C@H]3C2)cc1F. The van der Waals surface area contributed by atoms with Gasteiger partial charge in [0.05, 0.1) is 24.5 Å². The van der Waals surface area contributed by atoms with E-state index >= 15 is 0 Å². The van der Waals surface area contributed by atoms with Crippen LogP contribution in [0.1, 0.15) is 24.5 Å². The predicted octanol–water partition coefficient (Wildman–Crippen LogP) is 0.521. The van der Waals surface area contributed by atoms with Crippen LogP contribution in [-0.2, 0) is 20.8 Å². The van der Waals surface area contributed by atoms with Gasteiger partial charge in [0.2, 0.25) is 11.8 Å². The predicted molar refractivity (Wildman–Crippen MR) is 89.1 cm³/mol. The van der Waals surface area contributed by atoms with Crippen LogP contribution in [-0.4, -0.2) is 52.1 Å². The summed E-state index contributed by atoms with van der Waals surface area (Å²) in [5.41, 5.74) is 0.733. The number of carboxylic acids is 1. The molecule has 2 aliphatic heterocycles. The van der Waals surface area contributed by atoms with Gasteiger partial charge in [-0.2, -0.15) is 0 Å². The first-order chi connectivity index (χ1) is 12.3. The van der Waals surface area contributed by atoms with Crippen LogP contribution in [0, 0.1) is 11.7 Å². The number of hydrogen-bond acceptors (Lipinski definition) is 4. The van der Waals surface area contributed by atoms with Crippen molar-refractivity contribution < 1.29 is 29.0 Å². The molecule has 0 radical (unpaired) electrons. The van der Waals surface area contributed by atoms with E-state index in [1.54, 1.807) is 6.07 Å². The summed E-state index contributed by atoms with van der Waals surface area (Å²) >= 11 is 0. The lowest BCUT2D eigenvalue weighted by Crippen LogP contribution is -2.61. The summed E-state index contributed by atoms with van der Waals surface area (Å²) in [4.78, 5) is 36.5. The Bertz CT molecular complexity index is 833. The zero-order valence-electron chi connectivity index (χ0n) is 14.3. The number of aliphatic hydroxyl groups excluding tert-OH is 1. The minimum absolute atomic E-state index is 0.120. The number of nitrogens with one attached hydrogen (secondary N) is 1. The van der Waals surface area contributed by atoms with E-state index < -0.39 is 35.8 Å². The maximum atomic E-state index is 14.3. The number of aliphatic hydroxyl groups is 1. The molecule has 1 aromatic carbocycles. The Kier molecular flexibility index (Phi) is 4.53. The Hall–Kier alpha value is -2.74. The van der Waals surface area contributed by atoms with Crippen molar-refractivity contribution in [3.05, 3.63) is 40.8 Å². The third kappa shape index (κ3) is 2.76. The molecule has 1 saturated heterocycles. The highest BCUT2D eigenvalue weighted by molar-refractivity contribution is 6.06. The van der Waals surface area contributed by atoms with Crippen LogP contribution < -0.4 is 5.32 Å². The molecule has 3 N–H and O–H groups in total. The van der Waals surface area contributed by atoms with Crippen molar-refractivity contribution >= 4 is 23.4 Å². The molecule has 0 unspecified atom stereocenters. The van der Waals surface area contributed by atoms with E-state index in [0.717, 1.165) is 0 Å². The second-order valence-corrected chi connectivity index (χ2v) is 6.53. The topological polar surface area (TPSA) is 107 Å². The monoisotopic (exact) mass is 362 g/mol. The number of halogens is 1. The number of carbonyl (C=O) groups excluding carboxylic acids is 2. The molecule has 0 aromatic heterocycles. The molecular formula is C18H19FN2O5. The van der Waals surface area contributed by atoms with Crippen molar-refractivity contribution in [2.45, 2.75) is 31.9 Å². The van der Waals surface area contributed by atoms with E-state index in [1.807, 2.05) is 0 Å². The fraction of sp³-hybridized carbons (Fsp3) is 0.389. The number of nitrogens with zero attached hydrogens (tertiary/aromatic N) is 1. The van der Waals surface area contributed by atoms with Gasteiger partial charge in [-0.3, -0.25) is 9.59 Å². The summed E-state index contributed by atoms with van der Waals surface area (Å²) in [6.07, 6.45) is -0.771. The Morgan fingerprint density at radius 1 is 1.42 bits per heavy atom. The van der Waals surface area contributed by atoms with Crippen molar-refractivity contribution in [2.75, 3.05) is 7.05 Å². The average molecular weight is 362 g/mol. The summed E-state index contributed by atoms with van der Waals surface area (Å²) in [7, 11) is 1.46. The lowest BCUT2D eigenvalue weighted by atomic mass is 9.82. The standard InChI is InChI=1S/C18H19FN2O5/c1-8(22)15-13-7-11(16(18(25)26)21(13)17(15)24)9-3-4-10(12(19)5-9)6-14(23)20-2/h3-5,8,13,15,22H,6-7H2,1-2H3,(H,20,23)(H,25,26)/t8-,13-,15-/m1/s1. The van der Waals surface area contributed by atoms with Crippen LogP contribution in [0.3, 0.4) is 0 Å². The molecule has 138 valence electrons. The Balaban J connectivity index is 1.96. The summed E-state index contributed by atoms with van der Waals surface area (Å²) in [6.45, 7) is 1.49. The number of β-lactam (4-membered cyclic amide) rings is 1. The maximum Gasteiger partial charge on any atom is 0.352 e. The average Bonchev–Trinajstić information content (AvgIpc) is 2.91. The highest BCUT2D eigenvalue weighted by Gasteiger charge is 2.56. The van der Waals surface area contributed by atoms with Crippen molar-refractivity contribution in [3.63, 3.8) is 0 Å². The quantitative estimate of drug-likeness (QED) is 0.662. The molecule has 7 nitrogen and oxygen atoms in total. The van der Waals surface area contributed by atoms with E-state index in [-0.39, 0.29) is 30.0 Å². The molecular weight excluding hydrogens is 343 g/mol. The minimum atomic E-state index is -1.27. The highest BCUT2D eigenvalue weighted by Crippen LogP contribution is 2.47. The van der Waals surface area contributed by atoms with Crippen molar-refractivity contribution in [2.24, 2.45) is 5.92 Å². The van der Waals surface area contributed by atoms with Gasteiger partial charge in [0.25, 0.3) is 0 Å². The Morgan fingerprint density at radius 3 is 2.65 bits per heavy atom. The summed E-state index contributed by atoms with van der Waals surface area (Å²) in [6, 6.07) is 3.74. The van der Waals surface area contributed by atoms with E-state index in [4.69, 9.17) is 0 Å². The molecule has 0 spiro atoms. The number of carboxylic acid groups (broad SMARTS) is 1. The van der Waals surface area contributed by atoms with Crippen molar-refractivity contribution in [1.82, 2.24) is 10.2 Å². The highest BCUT2D eigenvalue weighted by atomic mass is 19.1. The van der Waals surface area contributed by atoms with E-state index in [9.17, 15) is 29.0 Å². The number of fused-ring (bicyclic) bond motifs is 1. The second-order valence-electron chi connectivity index (χ2n) is 6.53. The van der Waals surface area contributed by atoms with Gasteiger partial charge in [-0.25, -0.2) is 9.18 Å². The minimum Gasteiger partial charge on any atom is -0.477 e. The first-order valence-electron chi connectivity index (χ1n) is 8.23. The zero-order chi connectivity index (χ0) is 19.2. The summed E-state index contributed by atoms with van der Waals surface area (Å²) in [5.74, 6) is -3.31. The van der Waals surface area contributed by atoms with Gasteiger partial charge in [-0.15, -0.1) is 0 Å². The molecule has 2 aliphatic rings. The van der Waals surface area contributed by atoms with Gasteiger partial charge < -0.3 is 20.4 Å². The van der Waals surface area contributed by atoms with E-state index in [2.05, 4.69) is 5.32 Å². The fourth-order valence-corrected chi connectivity index (χ4v) is 3.67. The second kappa shape index (κ2) is 6.53. The lowest BCUT2D eigenvalue weighted by Gasteiger charge is -2.44. The first-order valence-corrected chi connectivity index (χ1v) is 8.23. The Morgan fingerprint density at radius 2 is 2.12 bits per heavy atom. The normalized spacial score (nSPS) is 22.8. The molecule has 2 heterocycles. The van der Waals surface area contributed by atoms with Crippen LogP contribution >= 0.6 is 0 Å². The third-order valence-corrected chi connectivity index (χ3v) is 4.96. The molecule has 0 bridgehead atoms. The molecule has 3 rings (SSSR count).